The zero-order valence-electron chi connectivity index (χ0n) is 9.61. The van der Waals surface area contributed by atoms with Crippen molar-refractivity contribution in [3.05, 3.63) is 29.3 Å². The van der Waals surface area contributed by atoms with Crippen LogP contribution in [0.25, 0.3) is 0 Å². The van der Waals surface area contributed by atoms with Gasteiger partial charge in [0, 0.05) is 17.7 Å². The highest BCUT2D eigenvalue weighted by atomic mass is 16.5. The first-order valence-corrected chi connectivity index (χ1v) is 5.68. The summed E-state index contributed by atoms with van der Waals surface area (Å²) in [5, 5.41) is 0. The molecular weight excluding hydrogens is 202 g/mol. The first-order valence-electron chi connectivity index (χ1n) is 5.68. The molecule has 2 rings (SSSR count). The lowest BCUT2D eigenvalue weighted by molar-refractivity contribution is 0.112. The van der Waals surface area contributed by atoms with Gasteiger partial charge in [-0.25, -0.2) is 0 Å². The molecule has 1 aromatic carbocycles. The standard InChI is InChI=1S/C13H17NO2/c1-16-13-5-4-11(10-15)8-12(13)9-14-6-2-3-7-14/h4-5,8,10H,2-3,6-7,9H2,1H3. The fraction of sp³-hybridized carbons (Fsp3) is 0.462. The summed E-state index contributed by atoms with van der Waals surface area (Å²) in [5.41, 5.74) is 1.82. The first-order chi connectivity index (χ1) is 7.83. The lowest BCUT2D eigenvalue weighted by atomic mass is 10.1. The van der Waals surface area contributed by atoms with Crippen LogP contribution in [0, 0.1) is 0 Å². The third-order valence-corrected chi connectivity index (χ3v) is 3.03. The quantitative estimate of drug-likeness (QED) is 0.726. The fourth-order valence-electron chi connectivity index (χ4n) is 2.18. The second-order valence-corrected chi connectivity index (χ2v) is 4.17. The molecule has 1 aromatic rings. The van der Waals surface area contributed by atoms with E-state index < -0.39 is 0 Å². The number of nitrogens with zero attached hydrogens (tertiary/aromatic N) is 1. The van der Waals surface area contributed by atoms with Crippen LogP contribution in [0.1, 0.15) is 28.8 Å². The smallest absolute Gasteiger partial charge is 0.150 e. The second kappa shape index (κ2) is 5.12. The highest BCUT2D eigenvalue weighted by Gasteiger charge is 2.14. The topological polar surface area (TPSA) is 29.5 Å². The summed E-state index contributed by atoms with van der Waals surface area (Å²) < 4.78 is 5.31. The average Bonchev–Trinajstić information content (AvgIpc) is 2.82. The SMILES string of the molecule is COc1ccc(C=O)cc1CN1CCCC1. The number of ether oxygens (including phenoxy) is 1. The molecule has 0 aromatic heterocycles. The summed E-state index contributed by atoms with van der Waals surface area (Å²) in [6.07, 6.45) is 3.43. The number of methoxy groups -OCH3 is 1. The molecular formula is C13H17NO2. The van der Waals surface area contributed by atoms with Gasteiger partial charge in [-0.15, -0.1) is 0 Å². The molecule has 1 heterocycles. The van der Waals surface area contributed by atoms with Crippen molar-refractivity contribution >= 4 is 6.29 Å². The van der Waals surface area contributed by atoms with E-state index in [4.69, 9.17) is 4.74 Å². The van der Waals surface area contributed by atoms with Crippen molar-refractivity contribution in [3.63, 3.8) is 0 Å². The van der Waals surface area contributed by atoms with E-state index in [9.17, 15) is 4.79 Å². The first kappa shape index (κ1) is 11.1. The van der Waals surface area contributed by atoms with Gasteiger partial charge in [0.1, 0.15) is 12.0 Å². The van der Waals surface area contributed by atoms with Crippen molar-refractivity contribution in [2.75, 3.05) is 20.2 Å². The Morgan fingerprint density at radius 3 is 2.75 bits per heavy atom. The summed E-state index contributed by atoms with van der Waals surface area (Å²) in [5.74, 6) is 0.873. The minimum absolute atomic E-state index is 0.718. The predicted octanol–water partition coefficient (Wildman–Crippen LogP) is 2.10. The Balaban J connectivity index is 2.18. The molecule has 0 aliphatic carbocycles. The summed E-state index contributed by atoms with van der Waals surface area (Å²) in [7, 11) is 1.67. The van der Waals surface area contributed by atoms with Crippen LogP contribution in [0.5, 0.6) is 5.75 Å². The molecule has 3 heteroatoms. The number of benzene rings is 1. The van der Waals surface area contributed by atoms with E-state index in [0.717, 1.165) is 42.8 Å². The van der Waals surface area contributed by atoms with Crippen LogP contribution in [-0.2, 0) is 6.54 Å². The third kappa shape index (κ3) is 2.42. The third-order valence-electron chi connectivity index (χ3n) is 3.03. The molecule has 0 saturated carbocycles. The fourth-order valence-corrected chi connectivity index (χ4v) is 2.18. The van der Waals surface area contributed by atoms with Crippen LogP contribution in [0.3, 0.4) is 0 Å². The van der Waals surface area contributed by atoms with Crippen molar-refractivity contribution in [2.24, 2.45) is 0 Å². The molecule has 3 nitrogen and oxygen atoms in total. The Hall–Kier alpha value is -1.35. The number of rotatable bonds is 4. The Bertz CT molecular complexity index is 370. The van der Waals surface area contributed by atoms with Gasteiger partial charge in [0.2, 0.25) is 0 Å². The van der Waals surface area contributed by atoms with Crippen molar-refractivity contribution in [1.82, 2.24) is 4.90 Å². The van der Waals surface area contributed by atoms with Gasteiger partial charge in [0.05, 0.1) is 7.11 Å². The van der Waals surface area contributed by atoms with Crippen molar-refractivity contribution in [2.45, 2.75) is 19.4 Å². The number of hydrogen-bond acceptors (Lipinski definition) is 3. The highest BCUT2D eigenvalue weighted by Crippen LogP contribution is 2.22. The van der Waals surface area contributed by atoms with Gasteiger partial charge >= 0.3 is 0 Å². The molecule has 1 aliphatic heterocycles. The summed E-state index contributed by atoms with van der Waals surface area (Å²) in [4.78, 5) is 13.1. The number of likely N-dealkylation sites (tertiary alicyclic amines) is 1. The molecule has 1 aliphatic rings. The Kier molecular flexibility index (Phi) is 3.57. The maximum absolute atomic E-state index is 10.7. The molecule has 86 valence electrons. The van der Waals surface area contributed by atoms with E-state index >= 15 is 0 Å². The Morgan fingerprint density at radius 1 is 1.38 bits per heavy atom. The van der Waals surface area contributed by atoms with E-state index in [2.05, 4.69) is 4.90 Å². The van der Waals surface area contributed by atoms with Crippen molar-refractivity contribution in [3.8, 4) is 5.75 Å². The van der Waals surface area contributed by atoms with E-state index in [1.54, 1.807) is 13.2 Å². The normalized spacial score (nSPS) is 16.3. The summed E-state index contributed by atoms with van der Waals surface area (Å²) in [6.45, 7) is 3.17. The van der Waals surface area contributed by atoms with Gasteiger partial charge in [-0.05, 0) is 44.1 Å². The zero-order valence-corrected chi connectivity index (χ0v) is 9.61. The molecule has 0 N–H and O–H groups in total. The van der Waals surface area contributed by atoms with E-state index in [1.807, 2.05) is 12.1 Å². The molecule has 0 bridgehead atoms. The molecule has 1 saturated heterocycles. The predicted molar refractivity (Wildman–Crippen MR) is 62.9 cm³/mol. The van der Waals surface area contributed by atoms with Crippen LogP contribution in [0.4, 0.5) is 0 Å². The molecule has 1 fully saturated rings. The Morgan fingerprint density at radius 2 is 2.12 bits per heavy atom. The number of carbonyl (C=O) groups excluding carboxylic acids is 1. The van der Waals surface area contributed by atoms with Gasteiger partial charge in [0.15, 0.2) is 0 Å². The Labute approximate surface area is 96.0 Å². The maximum atomic E-state index is 10.7. The van der Waals surface area contributed by atoms with E-state index in [0.29, 0.717) is 0 Å². The second-order valence-electron chi connectivity index (χ2n) is 4.17. The molecule has 0 radical (unpaired) electrons. The van der Waals surface area contributed by atoms with Gasteiger partial charge in [-0.3, -0.25) is 9.69 Å². The lowest BCUT2D eigenvalue weighted by Crippen LogP contribution is -2.18. The van der Waals surface area contributed by atoms with E-state index in [-0.39, 0.29) is 0 Å². The number of aldehydes is 1. The van der Waals surface area contributed by atoms with Crippen LogP contribution < -0.4 is 4.74 Å². The average molecular weight is 219 g/mol. The van der Waals surface area contributed by atoms with Gasteiger partial charge in [-0.2, -0.15) is 0 Å². The van der Waals surface area contributed by atoms with Gasteiger partial charge in [-0.1, -0.05) is 0 Å². The monoisotopic (exact) mass is 219 g/mol. The molecule has 16 heavy (non-hydrogen) atoms. The summed E-state index contributed by atoms with van der Waals surface area (Å²) in [6, 6.07) is 5.58. The molecule has 0 atom stereocenters. The minimum atomic E-state index is 0.718. The summed E-state index contributed by atoms with van der Waals surface area (Å²) >= 11 is 0. The van der Waals surface area contributed by atoms with Crippen molar-refractivity contribution in [1.29, 1.82) is 0 Å². The maximum Gasteiger partial charge on any atom is 0.150 e. The largest absolute Gasteiger partial charge is 0.496 e. The number of carbonyl (C=O) groups is 1. The zero-order chi connectivity index (χ0) is 11.4. The minimum Gasteiger partial charge on any atom is -0.496 e. The molecule has 0 spiro atoms. The van der Waals surface area contributed by atoms with Crippen molar-refractivity contribution < 1.29 is 9.53 Å². The lowest BCUT2D eigenvalue weighted by Gasteiger charge is -2.17. The van der Waals surface area contributed by atoms with Crippen LogP contribution >= 0.6 is 0 Å². The van der Waals surface area contributed by atoms with Gasteiger partial charge < -0.3 is 4.74 Å². The molecule has 0 amide bonds. The molecule has 0 unspecified atom stereocenters. The van der Waals surface area contributed by atoms with Crippen LogP contribution in [0.2, 0.25) is 0 Å². The van der Waals surface area contributed by atoms with Crippen LogP contribution in [-0.4, -0.2) is 31.4 Å². The van der Waals surface area contributed by atoms with Gasteiger partial charge in [0.25, 0.3) is 0 Å². The highest BCUT2D eigenvalue weighted by molar-refractivity contribution is 5.75. The van der Waals surface area contributed by atoms with E-state index in [1.165, 1.54) is 12.8 Å². The van der Waals surface area contributed by atoms with Crippen LogP contribution in [0.15, 0.2) is 18.2 Å². The number of hydrogen-bond donors (Lipinski definition) is 0.